The first-order valence-corrected chi connectivity index (χ1v) is 8.96. The van der Waals surface area contributed by atoms with Crippen molar-refractivity contribution in [1.82, 2.24) is 19.5 Å². The van der Waals surface area contributed by atoms with Gasteiger partial charge >= 0.3 is 0 Å². The number of rotatable bonds is 6. The molecule has 0 atom stereocenters. The molecule has 1 N–H and O–H groups in total. The normalized spacial score (nSPS) is 28.0. The molecule has 3 aliphatic rings. The summed E-state index contributed by atoms with van der Waals surface area (Å²) >= 11 is 0. The molecule has 0 spiro atoms. The molecular weight excluding hydrogens is 300 g/mol. The van der Waals surface area contributed by atoms with Crippen LogP contribution in [0.3, 0.4) is 0 Å². The molecule has 2 bridgehead atoms. The van der Waals surface area contributed by atoms with Crippen molar-refractivity contribution >= 4 is 27.9 Å². The highest BCUT2D eigenvalue weighted by Crippen LogP contribution is 2.73. The molecule has 0 amide bonds. The van der Waals surface area contributed by atoms with Gasteiger partial charge in [0, 0.05) is 30.0 Å². The lowest BCUT2D eigenvalue weighted by atomic mass is 9.38. The van der Waals surface area contributed by atoms with Crippen LogP contribution in [-0.4, -0.2) is 25.3 Å². The molecule has 3 aromatic heterocycles. The Balaban J connectivity index is 1.41. The number of unbranched alkanes of at least 4 members (excludes halogenated alkanes) is 1. The van der Waals surface area contributed by atoms with E-state index in [0.717, 1.165) is 61.5 Å². The maximum atomic E-state index is 12.1. The average Bonchev–Trinajstić information content (AvgIpc) is 3.12. The number of ketones is 1. The second-order valence-electron chi connectivity index (χ2n) is 7.92. The molecule has 0 aliphatic heterocycles. The number of carbonyl (C=O) groups excluding carboxylic acids is 1. The number of nitrogens with zero attached hydrogens (tertiary/aromatic N) is 3. The van der Waals surface area contributed by atoms with Crippen LogP contribution in [0.1, 0.15) is 51.9 Å². The van der Waals surface area contributed by atoms with Crippen LogP contribution in [0.5, 0.6) is 0 Å². The summed E-state index contributed by atoms with van der Waals surface area (Å²) < 4.78 is 2.36. The molecule has 0 aromatic carbocycles. The highest BCUT2D eigenvalue weighted by molar-refractivity contribution is 6.01. The summed E-state index contributed by atoms with van der Waals surface area (Å²) in [5.41, 5.74) is 3.53. The minimum Gasteiger partial charge on any atom is -0.346 e. The summed E-state index contributed by atoms with van der Waals surface area (Å²) in [6, 6.07) is 2.08. The van der Waals surface area contributed by atoms with Gasteiger partial charge in [-0.3, -0.25) is 4.79 Å². The quantitative estimate of drug-likeness (QED) is 0.747. The van der Waals surface area contributed by atoms with Gasteiger partial charge in [-0.1, -0.05) is 13.3 Å². The fourth-order valence-corrected chi connectivity index (χ4v) is 5.13. The van der Waals surface area contributed by atoms with Gasteiger partial charge in [0.25, 0.3) is 0 Å². The van der Waals surface area contributed by atoms with Gasteiger partial charge in [0.1, 0.15) is 16.9 Å². The van der Waals surface area contributed by atoms with Crippen molar-refractivity contribution in [3.8, 4) is 0 Å². The Hall–Kier alpha value is -2.17. The molecule has 0 radical (unpaired) electrons. The number of Topliss-reactive ketones (excluding diaryl/α,β-unsaturated/α-hetero) is 1. The van der Waals surface area contributed by atoms with E-state index in [1.807, 2.05) is 18.7 Å². The Morgan fingerprint density at radius 2 is 2.17 bits per heavy atom. The van der Waals surface area contributed by atoms with Crippen molar-refractivity contribution in [3.63, 3.8) is 0 Å². The fraction of sp³-hybridized carbons (Fsp3) is 0.526. The largest absolute Gasteiger partial charge is 0.346 e. The summed E-state index contributed by atoms with van der Waals surface area (Å²) in [5, 5.41) is 1.14. The SMILES string of the molecule is CCCCC(=O)CC12CC(n3cnc4cnc5[nH]ccc5c43)(C1)C2. The van der Waals surface area contributed by atoms with Gasteiger partial charge in [-0.05, 0) is 37.2 Å². The smallest absolute Gasteiger partial charge is 0.139 e. The summed E-state index contributed by atoms with van der Waals surface area (Å²) in [7, 11) is 0. The molecule has 3 saturated carbocycles. The van der Waals surface area contributed by atoms with E-state index in [2.05, 4.69) is 32.5 Å². The number of hydrogen-bond acceptors (Lipinski definition) is 3. The molecule has 0 saturated heterocycles. The zero-order chi connectivity index (χ0) is 16.4. The second kappa shape index (κ2) is 4.68. The van der Waals surface area contributed by atoms with Gasteiger partial charge in [0.15, 0.2) is 0 Å². The van der Waals surface area contributed by atoms with Crippen molar-refractivity contribution in [1.29, 1.82) is 0 Å². The minimum atomic E-state index is 0.186. The van der Waals surface area contributed by atoms with Gasteiger partial charge in [0.05, 0.1) is 18.0 Å². The molecule has 24 heavy (non-hydrogen) atoms. The third kappa shape index (κ3) is 1.78. The van der Waals surface area contributed by atoms with Crippen LogP contribution in [0.4, 0.5) is 0 Å². The first kappa shape index (κ1) is 14.2. The first-order chi connectivity index (χ1) is 11.6. The van der Waals surface area contributed by atoms with Crippen LogP contribution in [-0.2, 0) is 10.3 Å². The molecule has 3 fully saturated rings. The van der Waals surface area contributed by atoms with E-state index in [1.54, 1.807) is 0 Å². The lowest BCUT2D eigenvalue weighted by molar-refractivity contribution is -0.190. The molecule has 0 unspecified atom stereocenters. The van der Waals surface area contributed by atoms with E-state index < -0.39 is 0 Å². The van der Waals surface area contributed by atoms with Crippen LogP contribution in [0.25, 0.3) is 22.1 Å². The van der Waals surface area contributed by atoms with Gasteiger partial charge < -0.3 is 9.55 Å². The van der Waals surface area contributed by atoms with E-state index in [9.17, 15) is 4.79 Å². The predicted octanol–water partition coefficient (Wildman–Crippen LogP) is 3.94. The highest BCUT2D eigenvalue weighted by atomic mass is 16.1. The van der Waals surface area contributed by atoms with Crippen molar-refractivity contribution in [2.75, 3.05) is 0 Å². The number of H-pyrrole nitrogens is 1. The third-order valence-electron chi connectivity index (χ3n) is 6.10. The van der Waals surface area contributed by atoms with E-state index in [1.165, 1.54) is 5.52 Å². The third-order valence-corrected chi connectivity index (χ3v) is 6.10. The molecule has 5 heteroatoms. The summed E-state index contributed by atoms with van der Waals surface area (Å²) in [5.74, 6) is 0.456. The van der Waals surface area contributed by atoms with Crippen LogP contribution in [0.2, 0.25) is 0 Å². The van der Waals surface area contributed by atoms with Gasteiger partial charge in [-0.25, -0.2) is 9.97 Å². The Labute approximate surface area is 140 Å². The Kier molecular flexibility index (Phi) is 2.77. The highest BCUT2D eigenvalue weighted by Gasteiger charge is 2.69. The van der Waals surface area contributed by atoms with Crippen molar-refractivity contribution in [2.24, 2.45) is 5.41 Å². The molecule has 3 heterocycles. The van der Waals surface area contributed by atoms with Gasteiger partial charge in [-0.2, -0.15) is 0 Å². The molecule has 3 aromatic rings. The molecule has 124 valence electrons. The number of imidazole rings is 1. The average molecular weight is 322 g/mol. The number of aromatic nitrogens is 4. The first-order valence-electron chi connectivity index (χ1n) is 8.96. The standard InChI is InChI=1S/C19H22N4O/c1-2-3-4-13(24)7-18-9-19(10-18,11-18)23-12-22-15-8-21-17-14(16(15)23)5-6-20-17/h5-6,8,12H,2-4,7,9-11H2,1H3,(H,20,21). The Bertz CT molecular complexity index is 931. The Morgan fingerprint density at radius 1 is 1.33 bits per heavy atom. The molecule has 5 nitrogen and oxygen atoms in total. The van der Waals surface area contributed by atoms with Crippen molar-refractivity contribution in [2.45, 2.75) is 57.4 Å². The number of aromatic amines is 1. The van der Waals surface area contributed by atoms with Crippen LogP contribution in [0, 0.1) is 5.41 Å². The topological polar surface area (TPSA) is 63.6 Å². The minimum absolute atomic E-state index is 0.186. The Morgan fingerprint density at radius 3 is 2.96 bits per heavy atom. The lowest BCUT2D eigenvalue weighted by Gasteiger charge is -2.71. The van der Waals surface area contributed by atoms with Crippen molar-refractivity contribution in [3.05, 3.63) is 24.8 Å². The van der Waals surface area contributed by atoms with Gasteiger partial charge in [0.2, 0.25) is 0 Å². The number of fused-ring (bicyclic) bond motifs is 3. The van der Waals surface area contributed by atoms with Crippen LogP contribution >= 0.6 is 0 Å². The van der Waals surface area contributed by atoms with Crippen molar-refractivity contribution < 1.29 is 4.79 Å². The number of carbonyl (C=O) groups is 1. The molecular formula is C19H22N4O. The zero-order valence-corrected chi connectivity index (χ0v) is 14.0. The van der Waals surface area contributed by atoms with Gasteiger partial charge in [-0.15, -0.1) is 0 Å². The van der Waals surface area contributed by atoms with E-state index in [0.29, 0.717) is 5.78 Å². The van der Waals surface area contributed by atoms with E-state index in [4.69, 9.17) is 0 Å². The maximum Gasteiger partial charge on any atom is 0.139 e. The van der Waals surface area contributed by atoms with E-state index in [-0.39, 0.29) is 11.0 Å². The predicted molar refractivity (Wildman–Crippen MR) is 92.8 cm³/mol. The number of pyridine rings is 1. The zero-order valence-electron chi connectivity index (χ0n) is 14.0. The van der Waals surface area contributed by atoms with Crippen LogP contribution in [0.15, 0.2) is 24.8 Å². The van der Waals surface area contributed by atoms with E-state index >= 15 is 0 Å². The fourth-order valence-electron chi connectivity index (χ4n) is 5.13. The lowest BCUT2D eigenvalue weighted by Crippen LogP contribution is -2.67. The summed E-state index contributed by atoms with van der Waals surface area (Å²) in [6.07, 6.45) is 12.8. The summed E-state index contributed by atoms with van der Waals surface area (Å²) in [4.78, 5) is 24.3. The monoisotopic (exact) mass is 322 g/mol. The summed E-state index contributed by atoms with van der Waals surface area (Å²) in [6.45, 7) is 2.14. The molecule has 6 rings (SSSR count). The van der Waals surface area contributed by atoms with Crippen LogP contribution < -0.4 is 0 Å². The molecule has 3 aliphatic carbocycles. The second-order valence-corrected chi connectivity index (χ2v) is 7.92. The number of nitrogens with one attached hydrogen (secondary N) is 1. The number of hydrogen-bond donors (Lipinski definition) is 1. The maximum absolute atomic E-state index is 12.1.